The summed E-state index contributed by atoms with van der Waals surface area (Å²) in [4.78, 5) is 33.5. The van der Waals surface area contributed by atoms with Crippen molar-refractivity contribution in [3.05, 3.63) is 46.8 Å². The van der Waals surface area contributed by atoms with E-state index in [-0.39, 0.29) is 18.4 Å². The molecule has 1 saturated heterocycles. The average Bonchev–Trinajstić information content (AvgIpc) is 2.85. The number of likely N-dealkylation sites (tertiary alicyclic amines) is 1. The number of carbonyl (C=O) groups is 2. The number of rotatable bonds is 9. The highest BCUT2D eigenvalue weighted by Gasteiger charge is 2.20. The molecular weight excluding hydrogens is 434 g/mol. The number of benzene rings is 1. The maximum atomic E-state index is 13.1. The third-order valence-corrected chi connectivity index (χ3v) is 6.03. The highest BCUT2D eigenvalue weighted by molar-refractivity contribution is 5.94. The Morgan fingerprint density at radius 3 is 2.50 bits per heavy atom. The van der Waals surface area contributed by atoms with Gasteiger partial charge in [-0.3, -0.25) is 14.6 Å². The van der Waals surface area contributed by atoms with E-state index >= 15 is 0 Å². The Bertz CT molecular complexity index is 1020. The van der Waals surface area contributed by atoms with Gasteiger partial charge in [0.15, 0.2) is 18.1 Å². The molecule has 0 aliphatic carbocycles. The Labute approximate surface area is 201 Å². The number of amides is 2. The van der Waals surface area contributed by atoms with Crippen LogP contribution in [0, 0.1) is 13.8 Å². The lowest BCUT2D eigenvalue weighted by Crippen LogP contribution is -2.38. The zero-order chi connectivity index (χ0) is 24.7. The quantitative estimate of drug-likeness (QED) is 0.556. The SMILES string of the molecule is CCOc1cc(C(=O)N(C)Cc2ncc(C)c(OC)c2C)ccc1OCC(=O)N1CCCCC1. The molecule has 0 bridgehead atoms. The van der Waals surface area contributed by atoms with Crippen molar-refractivity contribution in [2.45, 2.75) is 46.6 Å². The van der Waals surface area contributed by atoms with Gasteiger partial charge >= 0.3 is 0 Å². The van der Waals surface area contributed by atoms with Crippen LogP contribution in [0.5, 0.6) is 17.2 Å². The first kappa shape index (κ1) is 25.3. The molecule has 0 N–H and O–H groups in total. The standard InChI is InChI=1S/C26H35N3O5/c1-6-33-23-14-20(10-11-22(23)34-17-24(30)29-12-8-7-9-13-29)26(31)28(4)16-21-19(3)25(32-5)18(2)15-27-21/h10-11,14-15H,6-9,12-13,16-17H2,1-5H3. The van der Waals surface area contributed by atoms with Crippen LogP contribution in [0.15, 0.2) is 24.4 Å². The normalized spacial score (nSPS) is 13.4. The minimum absolute atomic E-state index is 0.0292. The Balaban J connectivity index is 1.70. The van der Waals surface area contributed by atoms with Crippen LogP contribution < -0.4 is 14.2 Å². The van der Waals surface area contributed by atoms with E-state index in [0.29, 0.717) is 30.2 Å². The van der Waals surface area contributed by atoms with E-state index in [9.17, 15) is 9.59 Å². The molecule has 2 aromatic rings. The van der Waals surface area contributed by atoms with Gasteiger partial charge in [0.25, 0.3) is 11.8 Å². The fourth-order valence-electron chi connectivity index (χ4n) is 4.15. The summed E-state index contributed by atoms with van der Waals surface area (Å²) in [5.74, 6) is 1.48. The van der Waals surface area contributed by atoms with Gasteiger partial charge in [-0.2, -0.15) is 0 Å². The minimum Gasteiger partial charge on any atom is -0.496 e. The topological polar surface area (TPSA) is 81.2 Å². The number of carbonyl (C=O) groups excluding carboxylic acids is 2. The summed E-state index contributed by atoms with van der Waals surface area (Å²) in [6, 6.07) is 5.05. The van der Waals surface area contributed by atoms with Gasteiger partial charge in [0, 0.05) is 43.0 Å². The first-order valence-electron chi connectivity index (χ1n) is 11.8. The molecule has 0 saturated carbocycles. The van der Waals surface area contributed by atoms with Crippen LogP contribution in [0.2, 0.25) is 0 Å². The summed E-state index contributed by atoms with van der Waals surface area (Å²) < 4.78 is 17.0. The van der Waals surface area contributed by atoms with E-state index in [1.807, 2.05) is 25.7 Å². The zero-order valence-corrected chi connectivity index (χ0v) is 20.8. The smallest absolute Gasteiger partial charge is 0.260 e. The number of methoxy groups -OCH3 is 1. The molecule has 8 nitrogen and oxygen atoms in total. The van der Waals surface area contributed by atoms with Crippen LogP contribution in [-0.4, -0.2) is 67.1 Å². The second kappa shape index (κ2) is 11.7. The van der Waals surface area contributed by atoms with E-state index < -0.39 is 0 Å². The fraction of sp³-hybridized carbons (Fsp3) is 0.500. The average molecular weight is 470 g/mol. The third-order valence-electron chi connectivity index (χ3n) is 6.03. The lowest BCUT2D eigenvalue weighted by Gasteiger charge is -2.26. The second-order valence-electron chi connectivity index (χ2n) is 8.53. The number of hydrogen-bond donors (Lipinski definition) is 0. The van der Waals surface area contributed by atoms with E-state index in [1.54, 1.807) is 43.5 Å². The van der Waals surface area contributed by atoms with Crippen molar-refractivity contribution in [1.82, 2.24) is 14.8 Å². The van der Waals surface area contributed by atoms with Gasteiger partial charge < -0.3 is 24.0 Å². The first-order chi connectivity index (χ1) is 16.3. The Morgan fingerprint density at radius 2 is 1.82 bits per heavy atom. The van der Waals surface area contributed by atoms with Crippen LogP contribution in [0.1, 0.15) is 53.4 Å². The lowest BCUT2D eigenvalue weighted by atomic mass is 10.1. The Kier molecular flexibility index (Phi) is 8.73. The number of aryl methyl sites for hydroxylation is 1. The number of pyridine rings is 1. The minimum atomic E-state index is -0.169. The van der Waals surface area contributed by atoms with Crippen LogP contribution in [-0.2, 0) is 11.3 Å². The van der Waals surface area contributed by atoms with Crippen molar-refractivity contribution in [2.75, 3.05) is 40.5 Å². The molecule has 1 aromatic carbocycles. The summed E-state index contributed by atoms with van der Waals surface area (Å²) >= 11 is 0. The van der Waals surface area contributed by atoms with Gasteiger partial charge in [0.05, 0.1) is 26.0 Å². The number of aromatic nitrogens is 1. The molecule has 3 rings (SSSR count). The molecular formula is C26H35N3O5. The number of nitrogens with zero attached hydrogens (tertiary/aromatic N) is 3. The highest BCUT2D eigenvalue weighted by atomic mass is 16.5. The van der Waals surface area contributed by atoms with E-state index in [4.69, 9.17) is 14.2 Å². The van der Waals surface area contributed by atoms with Crippen LogP contribution >= 0.6 is 0 Å². The Hall–Kier alpha value is -3.29. The van der Waals surface area contributed by atoms with Crippen LogP contribution in [0.4, 0.5) is 0 Å². The van der Waals surface area contributed by atoms with Gasteiger partial charge in [-0.1, -0.05) is 0 Å². The molecule has 184 valence electrons. The maximum absolute atomic E-state index is 13.1. The molecule has 8 heteroatoms. The Morgan fingerprint density at radius 1 is 1.09 bits per heavy atom. The molecule has 34 heavy (non-hydrogen) atoms. The number of ether oxygens (including phenoxy) is 3. The van der Waals surface area contributed by atoms with Crippen molar-refractivity contribution < 1.29 is 23.8 Å². The van der Waals surface area contributed by atoms with Crippen molar-refractivity contribution >= 4 is 11.8 Å². The number of piperidine rings is 1. The molecule has 1 aromatic heterocycles. The lowest BCUT2D eigenvalue weighted by molar-refractivity contribution is -0.134. The second-order valence-corrected chi connectivity index (χ2v) is 8.53. The van der Waals surface area contributed by atoms with E-state index in [0.717, 1.165) is 54.9 Å². The monoisotopic (exact) mass is 469 g/mol. The van der Waals surface area contributed by atoms with Gasteiger partial charge in [-0.25, -0.2) is 0 Å². The maximum Gasteiger partial charge on any atom is 0.260 e. The zero-order valence-electron chi connectivity index (χ0n) is 20.8. The molecule has 2 heterocycles. The van der Waals surface area contributed by atoms with Crippen molar-refractivity contribution in [1.29, 1.82) is 0 Å². The molecule has 0 spiro atoms. The summed E-state index contributed by atoms with van der Waals surface area (Å²) in [7, 11) is 3.37. The molecule has 0 atom stereocenters. The predicted molar refractivity (Wildman–Crippen MR) is 130 cm³/mol. The van der Waals surface area contributed by atoms with Gasteiger partial charge in [0.1, 0.15) is 5.75 Å². The summed E-state index contributed by atoms with van der Waals surface area (Å²) in [6.07, 6.45) is 4.98. The van der Waals surface area contributed by atoms with Gasteiger partial charge in [-0.15, -0.1) is 0 Å². The van der Waals surface area contributed by atoms with E-state index in [1.165, 1.54) is 0 Å². The summed E-state index contributed by atoms with van der Waals surface area (Å²) in [5.41, 5.74) is 3.12. The van der Waals surface area contributed by atoms with Gasteiger partial charge in [0.2, 0.25) is 0 Å². The summed E-state index contributed by atoms with van der Waals surface area (Å²) in [6.45, 7) is 8.01. The summed E-state index contributed by atoms with van der Waals surface area (Å²) in [5, 5.41) is 0. The molecule has 2 amide bonds. The largest absolute Gasteiger partial charge is 0.496 e. The van der Waals surface area contributed by atoms with Crippen LogP contribution in [0.3, 0.4) is 0 Å². The fourth-order valence-corrected chi connectivity index (χ4v) is 4.15. The van der Waals surface area contributed by atoms with Crippen molar-refractivity contribution in [3.8, 4) is 17.2 Å². The van der Waals surface area contributed by atoms with Crippen molar-refractivity contribution in [2.24, 2.45) is 0 Å². The molecule has 0 unspecified atom stereocenters. The number of hydrogen-bond acceptors (Lipinski definition) is 6. The van der Waals surface area contributed by atoms with Crippen LogP contribution in [0.25, 0.3) is 0 Å². The molecule has 0 radical (unpaired) electrons. The van der Waals surface area contributed by atoms with Crippen molar-refractivity contribution in [3.63, 3.8) is 0 Å². The highest BCUT2D eigenvalue weighted by Crippen LogP contribution is 2.30. The van der Waals surface area contributed by atoms with E-state index in [2.05, 4.69) is 4.98 Å². The molecule has 1 aliphatic rings. The third kappa shape index (κ3) is 5.98. The van der Waals surface area contributed by atoms with Gasteiger partial charge in [-0.05, 0) is 58.2 Å². The molecule has 1 fully saturated rings. The first-order valence-corrected chi connectivity index (χ1v) is 11.8. The predicted octanol–water partition coefficient (Wildman–Crippen LogP) is 3.77. The molecule has 1 aliphatic heterocycles.